The maximum absolute atomic E-state index is 9.97. The normalized spacial score (nSPS) is 45.1. The molecule has 72 valence electrons. The van der Waals surface area contributed by atoms with Gasteiger partial charge in [-0.1, -0.05) is 13.2 Å². The summed E-state index contributed by atoms with van der Waals surface area (Å²) in [5.41, 5.74) is 1.33. The summed E-state index contributed by atoms with van der Waals surface area (Å²) in [6.07, 6.45) is 1.65. The first-order valence-corrected chi connectivity index (χ1v) is 4.70. The third-order valence-corrected chi connectivity index (χ3v) is 3.28. The minimum atomic E-state index is -0.744. The second-order valence-corrected chi connectivity index (χ2v) is 4.40. The molecule has 2 fully saturated rings. The molecule has 0 aromatic rings. The first-order chi connectivity index (χ1) is 6.00. The molecule has 0 amide bonds. The molecule has 0 bridgehead atoms. The predicted molar refractivity (Wildman–Crippen MR) is 51.4 cm³/mol. The molecular weight excluding hydrogens is 164 g/mol. The van der Waals surface area contributed by atoms with E-state index in [1.54, 1.807) is 0 Å². The van der Waals surface area contributed by atoms with Gasteiger partial charge in [0.2, 0.25) is 0 Å². The summed E-state index contributed by atoms with van der Waals surface area (Å²) in [6, 6.07) is 0. The summed E-state index contributed by atoms with van der Waals surface area (Å²) in [5.74, 6) is 0.396. The number of ether oxygens (including phenoxy) is 1. The highest BCUT2D eigenvalue weighted by Crippen LogP contribution is 2.43. The van der Waals surface area contributed by atoms with Crippen molar-refractivity contribution in [3.05, 3.63) is 24.3 Å². The van der Waals surface area contributed by atoms with Gasteiger partial charge in [0.25, 0.3) is 0 Å². The van der Waals surface area contributed by atoms with Crippen LogP contribution in [0.2, 0.25) is 0 Å². The van der Waals surface area contributed by atoms with Crippen molar-refractivity contribution < 1.29 is 9.84 Å². The number of hydrogen-bond acceptors (Lipinski definition) is 2. The molecule has 1 heterocycles. The van der Waals surface area contributed by atoms with Crippen LogP contribution in [0.1, 0.15) is 19.8 Å². The van der Waals surface area contributed by atoms with Gasteiger partial charge in [0.1, 0.15) is 0 Å². The highest BCUT2D eigenvalue weighted by molar-refractivity contribution is 5.24. The van der Waals surface area contributed by atoms with Crippen LogP contribution in [0.3, 0.4) is 0 Å². The molecule has 1 saturated heterocycles. The maximum Gasteiger partial charge on any atom is 0.0851 e. The Kier molecular flexibility index (Phi) is 1.86. The summed E-state index contributed by atoms with van der Waals surface area (Å²) in [7, 11) is 0. The molecule has 0 aromatic carbocycles. The van der Waals surface area contributed by atoms with Crippen molar-refractivity contribution in [1.29, 1.82) is 0 Å². The van der Waals surface area contributed by atoms with E-state index in [-0.39, 0.29) is 6.10 Å². The standard InChI is InChI=1S/C11H16O2/c1-7-6-13-10-5-11(3,12)8(2)4-9(7)10/h9-10,12H,1-2,4-6H2,3H3/t9-,10-,11+/m1/s1. The molecule has 0 radical (unpaired) electrons. The molecule has 0 aromatic heterocycles. The van der Waals surface area contributed by atoms with Gasteiger partial charge in [0.05, 0.1) is 18.3 Å². The summed E-state index contributed by atoms with van der Waals surface area (Å²) < 4.78 is 5.55. The van der Waals surface area contributed by atoms with Crippen LogP contribution in [0, 0.1) is 5.92 Å². The highest BCUT2D eigenvalue weighted by atomic mass is 16.5. The second kappa shape index (κ2) is 2.69. The average molecular weight is 180 g/mol. The summed E-state index contributed by atoms with van der Waals surface area (Å²) in [4.78, 5) is 0. The van der Waals surface area contributed by atoms with Crippen molar-refractivity contribution in [3.63, 3.8) is 0 Å². The van der Waals surface area contributed by atoms with E-state index in [1.807, 2.05) is 6.92 Å². The van der Waals surface area contributed by atoms with E-state index >= 15 is 0 Å². The Labute approximate surface area is 78.9 Å². The molecule has 2 aliphatic rings. The topological polar surface area (TPSA) is 29.5 Å². The van der Waals surface area contributed by atoms with E-state index in [2.05, 4.69) is 13.2 Å². The first-order valence-electron chi connectivity index (χ1n) is 4.70. The zero-order valence-corrected chi connectivity index (χ0v) is 8.05. The van der Waals surface area contributed by atoms with Gasteiger partial charge in [-0.3, -0.25) is 0 Å². The zero-order valence-electron chi connectivity index (χ0n) is 8.05. The number of hydrogen-bond donors (Lipinski definition) is 1. The lowest BCUT2D eigenvalue weighted by molar-refractivity contribution is -0.0169. The van der Waals surface area contributed by atoms with E-state index in [4.69, 9.17) is 4.74 Å². The van der Waals surface area contributed by atoms with E-state index in [0.29, 0.717) is 18.9 Å². The fourth-order valence-electron chi connectivity index (χ4n) is 2.20. The largest absolute Gasteiger partial charge is 0.386 e. The van der Waals surface area contributed by atoms with Crippen LogP contribution in [0.15, 0.2) is 24.3 Å². The first kappa shape index (κ1) is 8.97. The Bertz CT molecular complexity index is 265. The van der Waals surface area contributed by atoms with Crippen LogP contribution in [0.25, 0.3) is 0 Å². The molecule has 13 heavy (non-hydrogen) atoms. The molecule has 1 N–H and O–H groups in total. The van der Waals surface area contributed by atoms with Gasteiger partial charge in [-0.05, 0) is 24.5 Å². The molecule has 1 aliphatic carbocycles. The van der Waals surface area contributed by atoms with Crippen molar-refractivity contribution >= 4 is 0 Å². The van der Waals surface area contributed by atoms with Gasteiger partial charge in [0.15, 0.2) is 0 Å². The maximum atomic E-state index is 9.97. The highest BCUT2D eigenvalue weighted by Gasteiger charge is 2.43. The van der Waals surface area contributed by atoms with Crippen molar-refractivity contribution in [2.24, 2.45) is 5.92 Å². The number of fused-ring (bicyclic) bond motifs is 1. The van der Waals surface area contributed by atoms with Crippen molar-refractivity contribution in [1.82, 2.24) is 0 Å². The third kappa shape index (κ3) is 1.34. The van der Waals surface area contributed by atoms with Crippen molar-refractivity contribution in [2.45, 2.75) is 31.5 Å². The van der Waals surface area contributed by atoms with Gasteiger partial charge in [-0.15, -0.1) is 0 Å². The fraction of sp³-hybridized carbons (Fsp3) is 0.636. The van der Waals surface area contributed by atoms with Gasteiger partial charge in [-0.2, -0.15) is 0 Å². The molecule has 1 aliphatic heterocycles. The predicted octanol–water partition coefficient (Wildman–Crippen LogP) is 1.66. The van der Waals surface area contributed by atoms with Gasteiger partial charge >= 0.3 is 0 Å². The SMILES string of the molecule is C=C1CO[C@@H]2C[C@](C)(O)C(=C)C[C@H]12. The van der Waals surface area contributed by atoms with E-state index < -0.39 is 5.60 Å². The average Bonchev–Trinajstić information content (AvgIpc) is 2.34. The van der Waals surface area contributed by atoms with E-state index in [0.717, 1.165) is 17.6 Å². The number of rotatable bonds is 0. The molecule has 1 saturated carbocycles. The minimum absolute atomic E-state index is 0.160. The van der Waals surface area contributed by atoms with Crippen LogP contribution in [0.5, 0.6) is 0 Å². The lowest BCUT2D eigenvalue weighted by Gasteiger charge is -2.37. The molecule has 2 rings (SSSR count). The third-order valence-electron chi connectivity index (χ3n) is 3.28. The van der Waals surface area contributed by atoms with Gasteiger partial charge in [-0.25, -0.2) is 0 Å². The Morgan fingerprint density at radius 2 is 2.23 bits per heavy atom. The fourth-order valence-corrected chi connectivity index (χ4v) is 2.20. The van der Waals surface area contributed by atoms with E-state index in [9.17, 15) is 5.11 Å². The molecule has 2 nitrogen and oxygen atoms in total. The van der Waals surface area contributed by atoms with Crippen molar-refractivity contribution in [3.8, 4) is 0 Å². The Morgan fingerprint density at radius 1 is 1.54 bits per heavy atom. The summed E-state index contributed by atoms with van der Waals surface area (Å²) in [6.45, 7) is 10.4. The zero-order chi connectivity index (χ0) is 9.64. The van der Waals surface area contributed by atoms with Crippen LogP contribution in [0.4, 0.5) is 0 Å². The Hall–Kier alpha value is -0.600. The lowest BCUT2D eigenvalue weighted by atomic mass is 9.74. The van der Waals surface area contributed by atoms with Gasteiger partial charge < -0.3 is 9.84 Å². The molecular formula is C11H16O2. The van der Waals surface area contributed by atoms with Crippen molar-refractivity contribution in [2.75, 3.05) is 6.61 Å². The van der Waals surface area contributed by atoms with Crippen LogP contribution in [-0.4, -0.2) is 23.4 Å². The molecule has 3 atom stereocenters. The molecule has 0 unspecified atom stereocenters. The Balaban J connectivity index is 2.20. The summed E-state index contributed by atoms with van der Waals surface area (Å²) in [5, 5.41) is 9.97. The quantitative estimate of drug-likeness (QED) is 0.574. The Morgan fingerprint density at radius 3 is 2.92 bits per heavy atom. The van der Waals surface area contributed by atoms with Crippen LogP contribution < -0.4 is 0 Å². The monoisotopic (exact) mass is 180 g/mol. The van der Waals surface area contributed by atoms with E-state index in [1.165, 1.54) is 0 Å². The number of aliphatic hydroxyl groups is 1. The van der Waals surface area contributed by atoms with Crippen LogP contribution in [-0.2, 0) is 4.74 Å². The summed E-state index contributed by atoms with van der Waals surface area (Å²) >= 11 is 0. The molecule has 2 heteroatoms. The smallest absolute Gasteiger partial charge is 0.0851 e. The lowest BCUT2D eigenvalue weighted by Crippen LogP contribution is -2.40. The van der Waals surface area contributed by atoms with Gasteiger partial charge in [0, 0.05) is 12.3 Å². The molecule has 0 spiro atoms. The van der Waals surface area contributed by atoms with Crippen LogP contribution >= 0.6 is 0 Å². The second-order valence-electron chi connectivity index (χ2n) is 4.40. The minimum Gasteiger partial charge on any atom is -0.386 e.